The lowest BCUT2D eigenvalue weighted by molar-refractivity contribution is -0.140. The van der Waals surface area contributed by atoms with E-state index in [-0.39, 0.29) is 0 Å². The van der Waals surface area contributed by atoms with Gasteiger partial charge >= 0.3 is 5.97 Å². The highest BCUT2D eigenvalue weighted by Gasteiger charge is 2.19. The fourth-order valence-electron chi connectivity index (χ4n) is 1.74. The zero-order chi connectivity index (χ0) is 10.8. The van der Waals surface area contributed by atoms with E-state index in [1.54, 1.807) is 13.2 Å². The molecule has 1 aromatic carbocycles. The Labute approximate surface area is 88.0 Å². The Morgan fingerprint density at radius 1 is 1.53 bits per heavy atom. The second kappa shape index (κ2) is 3.77. The molecule has 0 saturated carbocycles. The van der Waals surface area contributed by atoms with E-state index in [0.29, 0.717) is 6.42 Å². The molecule has 3 heteroatoms. The molecule has 0 fully saturated rings. The van der Waals surface area contributed by atoms with Crippen LogP contribution < -0.4 is 4.74 Å². The first-order valence-corrected chi connectivity index (χ1v) is 4.78. The van der Waals surface area contributed by atoms with E-state index in [4.69, 9.17) is 9.84 Å². The summed E-state index contributed by atoms with van der Waals surface area (Å²) in [7, 11) is 1.61. The van der Waals surface area contributed by atoms with Crippen LogP contribution in [0.1, 0.15) is 11.1 Å². The maximum absolute atomic E-state index is 10.8. The van der Waals surface area contributed by atoms with Gasteiger partial charge in [0.2, 0.25) is 0 Å². The van der Waals surface area contributed by atoms with Crippen molar-refractivity contribution in [3.8, 4) is 5.75 Å². The van der Waals surface area contributed by atoms with Gasteiger partial charge in [-0.1, -0.05) is 18.2 Å². The van der Waals surface area contributed by atoms with Gasteiger partial charge in [-0.15, -0.1) is 0 Å². The number of benzene rings is 1. The highest BCUT2D eigenvalue weighted by Crippen LogP contribution is 2.26. The molecular weight excluding hydrogens is 192 g/mol. The molecule has 1 aliphatic carbocycles. The molecule has 0 aromatic heterocycles. The number of rotatable bonds is 2. The first-order valence-electron chi connectivity index (χ1n) is 4.78. The molecule has 0 amide bonds. The highest BCUT2D eigenvalue weighted by atomic mass is 16.5. The molecule has 1 N–H and O–H groups in total. The zero-order valence-electron chi connectivity index (χ0n) is 8.43. The molecule has 78 valence electrons. The van der Waals surface area contributed by atoms with Crippen molar-refractivity contribution in [1.29, 1.82) is 0 Å². The SMILES string of the molecule is COc1ccc2c(c1)CC(C(=O)O)C=C2. The van der Waals surface area contributed by atoms with Crippen molar-refractivity contribution in [1.82, 2.24) is 0 Å². The number of ether oxygens (including phenoxy) is 1. The van der Waals surface area contributed by atoms with Crippen molar-refractivity contribution in [3.63, 3.8) is 0 Å². The molecule has 2 rings (SSSR count). The van der Waals surface area contributed by atoms with Gasteiger partial charge in [0.05, 0.1) is 13.0 Å². The van der Waals surface area contributed by atoms with Crippen LogP contribution in [0.2, 0.25) is 0 Å². The van der Waals surface area contributed by atoms with Crippen molar-refractivity contribution in [2.75, 3.05) is 7.11 Å². The monoisotopic (exact) mass is 204 g/mol. The van der Waals surface area contributed by atoms with Crippen LogP contribution in [0.5, 0.6) is 5.75 Å². The normalized spacial score (nSPS) is 18.3. The molecule has 15 heavy (non-hydrogen) atoms. The van der Waals surface area contributed by atoms with Crippen LogP contribution in [0.15, 0.2) is 24.3 Å². The third-order valence-corrected chi connectivity index (χ3v) is 2.62. The minimum Gasteiger partial charge on any atom is -0.497 e. The lowest BCUT2D eigenvalue weighted by Crippen LogP contribution is -2.16. The summed E-state index contributed by atoms with van der Waals surface area (Å²) in [6.45, 7) is 0. The van der Waals surface area contributed by atoms with Crippen LogP contribution in [-0.4, -0.2) is 18.2 Å². The Hall–Kier alpha value is -1.77. The van der Waals surface area contributed by atoms with Gasteiger partial charge in [-0.3, -0.25) is 4.79 Å². The summed E-state index contributed by atoms with van der Waals surface area (Å²) in [5.41, 5.74) is 2.11. The fraction of sp³-hybridized carbons (Fsp3) is 0.250. The first kappa shape index (κ1) is 9.77. The van der Waals surface area contributed by atoms with E-state index < -0.39 is 11.9 Å². The maximum atomic E-state index is 10.8. The number of carbonyl (C=O) groups is 1. The van der Waals surface area contributed by atoms with Gasteiger partial charge in [-0.05, 0) is 29.7 Å². The minimum absolute atomic E-state index is 0.412. The van der Waals surface area contributed by atoms with Gasteiger partial charge in [0.15, 0.2) is 0 Å². The predicted octanol–water partition coefficient (Wildman–Crippen LogP) is 1.97. The second-order valence-electron chi connectivity index (χ2n) is 3.57. The molecule has 1 aliphatic rings. The number of aliphatic carboxylic acids is 1. The predicted molar refractivity (Wildman–Crippen MR) is 56.9 cm³/mol. The lowest BCUT2D eigenvalue weighted by Gasteiger charge is -2.16. The quantitative estimate of drug-likeness (QED) is 0.801. The van der Waals surface area contributed by atoms with E-state index in [9.17, 15) is 4.79 Å². The van der Waals surface area contributed by atoms with Crippen LogP contribution in [-0.2, 0) is 11.2 Å². The van der Waals surface area contributed by atoms with Crippen LogP contribution in [0, 0.1) is 5.92 Å². The molecule has 1 atom stereocenters. The summed E-state index contributed by atoms with van der Waals surface area (Å²) in [5, 5.41) is 8.91. The van der Waals surface area contributed by atoms with Crippen molar-refractivity contribution >= 4 is 12.0 Å². The molecule has 1 unspecified atom stereocenters. The van der Waals surface area contributed by atoms with Gasteiger partial charge < -0.3 is 9.84 Å². The Morgan fingerprint density at radius 2 is 2.33 bits per heavy atom. The Bertz CT molecular complexity index is 421. The second-order valence-corrected chi connectivity index (χ2v) is 3.57. The summed E-state index contributed by atoms with van der Waals surface area (Å²) in [6.07, 6.45) is 4.13. The Morgan fingerprint density at radius 3 is 3.00 bits per heavy atom. The van der Waals surface area contributed by atoms with E-state index in [0.717, 1.165) is 16.9 Å². The summed E-state index contributed by atoms with van der Waals surface area (Å²) >= 11 is 0. The third-order valence-electron chi connectivity index (χ3n) is 2.62. The van der Waals surface area contributed by atoms with Crippen LogP contribution in [0.3, 0.4) is 0 Å². The molecule has 0 radical (unpaired) electrons. The Balaban J connectivity index is 2.34. The van der Waals surface area contributed by atoms with Gasteiger partial charge in [-0.25, -0.2) is 0 Å². The van der Waals surface area contributed by atoms with Crippen LogP contribution >= 0.6 is 0 Å². The van der Waals surface area contributed by atoms with E-state index in [2.05, 4.69) is 0 Å². The number of methoxy groups -OCH3 is 1. The number of hydrogen-bond acceptors (Lipinski definition) is 2. The zero-order valence-corrected chi connectivity index (χ0v) is 8.43. The van der Waals surface area contributed by atoms with Crippen molar-refractivity contribution in [2.24, 2.45) is 5.92 Å². The summed E-state index contributed by atoms with van der Waals surface area (Å²) < 4.78 is 5.10. The molecule has 0 aliphatic heterocycles. The number of fused-ring (bicyclic) bond motifs is 1. The minimum atomic E-state index is -0.778. The molecule has 3 nitrogen and oxygen atoms in total. The molecule has 1 aromatic rings. The molecule has 0 saturated heterocycles. The number of carboxylic acids is 1. The molecule has 0 bridgehead atoms. The Kier molecular flexibility index (Phi) is 2.46. The average molecular weight is 204 g/mol. The van der Waals surface area contributed by atoms with E-state index in [1.807, 2.05) is 24.3 Å². The summed E-state index contributed by atoms with van der Waals surface area (Å²) in [4.78, 5) is 10.8. The van der Waals surface area contributed by atoms with Gasteiger partial charge in [0.1, 0.15) is 5.75 Å². The van der Waals surface area contributed by atoms with Crippen molar-refractivity contribution in [2.45, 2.75) is 6.42 Å². The third kappa shape index (κ3) is 1.86. The van der Waals surface area contributed by atoms with E-state index in [1.165, 1.54) is 0 Å². The van der Waals surface area contributed by atoms with Gasteiger partial charge in [0, 0.05) is 0 Å². The highest BCUT2D eigenvalue weighted by molar-refractivity contribution is 5.76. The number of carboxylic acid groups (broad SMARTS) is 1. The summed E-state index contributed by atoms with van der Waals surface area (Å²) in [5.74, 6) is -0.419. The average Bonchev–Trinajstić information content (AvgIpc) is 2.27. The maximum Gasteiger partial charge on any atom is 0.310 e. The van der Waals surface area contributed by atoms with Gasteiger partial charge in [-0.2, -0.15) is 0 Å². The smallest absolute Gasteiger partial charge is 0.310 e. The topological polar surface area (TPSA) is 46.5 Å². The van der Waals surface area contributed by atoms with Crippen molar-refractivity contribution < 1.29 is 14.6 Å². The lowest BCUT2D eigenvalue weighted by atomic mass is 9.89. The number of hydrogen-bond donors (Lipinski definition) is 1. The summed E-state index contributed by atoms with van der Waals surface area (Å²) in [6, 6.07) is 5.72. The fourth-order valence-corrected chi connectivity index (χ4v) is 1.74. The largest absolute Gasteiger partial charge is 0.497 e. The van der Waals surface area contributed by atoms with E-state index >= 15 is 0 Å². The molecule has 0 spiro atoms. The van der Waals surface area contributed by atoms with Gasteiger partial charge in [0.25, 0.3) is 0 Å². The standard InChI is InChI=1S/C12H12O3/c1-15-11-5-4-8-2-3-9(12(13)14)6-10(8)7-11/h2-5,7,9H,6H2,1H3,(H,13,14). The van der Waals surface area contributed by atoms with Crippen LogP contribution in [0.4, 0.5) is 0 Å². The molecular formula is C12H12O3. The van der Waals surface area contributed by atoms with Crippen LogP contribution in [0.25, 0.3) is 6.08 Å². The molecule has 0 heterocycles. The first-order chi connectivity index (χ1) is 7.20. The van der Waals surface area contributed by atoms with Crippen molar-refractivity contribution in [3.05, 3.63) is 35.4 Å².